The number of halogens is 2. The Bertz CT molecular complexity index is 1110. The number of hydrogen-bond donors (Lipinski definition) is 0. The van der Waals surface area contributed by atoms with Crippen LogP contribution in [0.4, 0.5) is 0 Å². The van der Waals surface area contributed by atoms with E-state index in [1.54, 1.807) is 0 Å². The third-order valence-corrected chi connectivity index (χ3v) is 5.09. The largest absolute Gasteiger partial charge is 0.231 e. The first-order valence-electron chi connectivity index (χ1n) is 8.71. The molecule has 4 aromatic rings. The van der Waals surface area contributed by atoms with Gasteiger partial charge in [-0.2, -0.15) is 5.10 Å². The maximum Gasteiger partial charge on any atom is 0.112 e. The number of aromatic nitrogens is 2. The molecule has 0 saturated heterocycles. The first-order valence-corrected chi connectivity index (χ1v) is 9.47. The van der Waals surface area contributed by atoms with Crippen molar-refractivity contribution in [2.45, 2.75) is 13.8 Å². The van der Waals surface area contributed by atoms with Gasteiger partial charge in [0.2, 0.25) is 0 Å². The van der Waals surface area contributed by atoms with E-state index in [-0.39, 0.29) is 0 Å². The highest BCUT2D eigenvalue weighted by Gasteiger charge is 2.20. The van der Waals surface area contributed by atoms with Crippen LogP contribution in [0.3, 0.4) is 0 Å². The Morgan fingerprint density at radius 1 is 0.741 bits per heavy atom. The molecule has 1 aromatic heterocycles. The molecule has 0 saturated carbocycles. The molecular weight excluding hydrogens is 375 g/mol. The van der Waals surface area contributed by atoms with E-state index in [9.17, 15) is 0 Å². The molecule has 0 atom stereocenters. The predicted molar refractivity (Wildman–Crippen MR) is 114 cm³/mol. The average Bonchev–Trinajstić information content (AvgIpc) is 2.99. The maximum atomic E-state index is 6.88. The van der Waals surface area contributed by atoms with Crippen molar-refractivity contribution in [3.8, 4) is 28.2 Å². The Morgan fingerprint density at radius 2 is 1.33 bits per heavy atom. The quantitative estimate of drug-likeness (QED) is 0.362. The Morgan fingerprint density at radius 3 is 1.96 bits per heavy atom. The van der Waals surface area contributed by atoms with E-state index in [2.05, 4.69) is 44.2 Å². The van der Waals surface area contributed by atoms with Gasteiger partial charge >= 0.3 is 0 Å². The lowest BCUT2D eigenvalue weighted by Crippen LogP contribution is -1.99. The Hall–Kier alpha value is -2.55. The van der Waals surface area contributed by atoms with Gasteiger partial charge in [-0.3, -0.25) is 0 Å². The average molecular weight is 393 g/mol. The molecule has 0 aliphatic rings. The smallest absolute Gasteiger partial charge is 0.112 e. The molecule has 3 aromatic carbocycles. The lowest BCUT2D eigenvalue weighted by molar-refractivity contribution is 0.892. The minimum Gasteiger partial charge on any atom is -0.231 e. The van der Waals surface area contributed by atoms with Crippen LogP contribution >= 0.6 is 23.2 Å². The van der Waals surface area contributed by atoms with Crippen LogP contribution in [0.2, 0.25) is 10.0 Å². The van der Waals surface area contributed by atoms with Crippen molar-refractivity contribution in [2.75, 3.05) is 0 Å². The zero-order valence-corrected chi connectivity index (χ0v) is 16.6. The van der Waals surface area contributed by atoms with Crippen molar-refractivity contribution in [2.24, 2.45) is 0 Å². The summed E-state index contributed by atoms with van der Waals surface area (Å²) in [6.45, 7) is 4.14. The Labute approximate surface area is 169 Å². The Kier molecular flexibility index (Phi) is 4.77. The summed E-state index contributed by atoms with van der Waals surface area (Å²) in [5, 5.41) is 6.20. The van der Waals surface area contributed by atoms with Crippen LogP contribution in [0.25, 0.3) is 28.2 Å². The van der Waals surface area contributed by atoms with Crippen molar-refractivity contribution in [1.29, 1.82) is 0 Å². The van der Waals surface area contributed by atoms with Gasteiger partial charge in [-0.15, -0.1) is 0 Å². The monoisotopic (exact) mass is 392 g/mol. The third-order valence-electron chi connectivity index (χ3n) is 4.48. The second kappa shape index (κ2) is 7.22. The van der Waals surface area contributed by atoms with E-state index in [1.165, 1.54) is 11.1 Å². The fraction of sp³-hybridized carbons (Fsp3) is 0.0870. The number of benzene rings is 3. The first-order chi connectivity index (χ1) is 13.0. The summed E-state index contributed by atoms with van der Waals surface area (Å²) >= 11 is 12.9. The van der Waals surface area contributed by atoms with Crippen molar-refractivity contribution < 1.29 is 0 Å². The molecule has 2 nitrogen and oxygen atoms in total. The van der Waals surface area contributed by atoms with Crippen LogP contribution in [0.5, 0.6) is 0 Å². The molecule has 0 radical (unpaired) electrons. The SMILES string of the molecule is Cc1cccc(-c2nn(-c3ccc(Cl)cc3)c(-c3cccc(C)c3)c2Cl)c1. The third kappa shape index (κ3) is 3.51. The van der Waals surface area contributed by atoms with Gasteiger partial charge in [0.15, 0.2) is 0 Å². The van der Waals surface area contributed by atoms with E-state index >= 15 is 0 Å². The molecule has 0 spiro atoms. The molecule has 4 rings (SSSR count). The van der Waals surface area contributed by atoms with Crippen LogP contribution in [-0.4, -0.2) is 9.78 Å². The van der Waals surface area contributed by atoms with Gasteiger partial charge in [0.05, 0.1) is 16.4 Å². The second-order valence-corrected chi connectivity index (χ2v) is 7.45. The molecule has 0 fully saturated rings. The summed E-state index contributed by atoms with van der Waals surface area (Å²) in [6.07, 6.45) is 0. The molecule has 4 heteroatoms. The number of rotatable bonds is 3. The van der Waals surface area contributed by atoms with E-state index in [0.29, 0.717) is 10.0 Å². The van der Waals surface area contributed by atoms with Gasteiger partial charge in [-0.25, -0.2) is 4.68 Å². The molecule has 0 N–H and O–H groups in total. The fourth-order valence-corrected chi connectivity index (χ4v) is 3.65. The minimum atomic E-state index is 0.640. The van der Waals surface area contributed by atoms with Crippen LogP contribution in [-0.2, 0) is 0 Å². The number of nitrogens with zero attached hydrogens (tertiary/aromatic N) is 2. The van der Waals surface area contributed by atoms with E-state index in [4.69, 9.17) is 28.3 Å². The summed E-state index contributed by atoms with van der Waals surface area (Å²) in [4.78, 5) is 0. The van der Waals surface area contributed by atoms with Crippen LogP contribution in [0, 0.1) is 13.8 Å². The molecule has 1 heterocycles. The summed E-state index contributed by atoms with van der Waals surface area (Å²) in [5.74, 6) is 0. The highest BCUT2D eigenvalue weighted by Crippen LogP contribution is 2.38. The van der Waals surface area contributed by atoms with E-state index in [1.807, 2.05) is 47.1 Å². The predicted octanol–water partition coefficient (Wildman–Crippen LogP) is 7.13. The number of hydrogen-bond acceptors (Lipinski definition) is 1. The van der Waals surface area contributed by atoms with Gasteiger partial charge < -0.3 is 0 Å². The molecule has 27 heavy (non-hydrogen) atoms. The second-order valence-electron chi connectivity index (χ2n) is 6.64. The van der Waals surface area contributed by atoms with Gasteiger partial charge in [0.1, 0.15) is 5.69 Å². The van der Waals surface area contributed by atoms with Gasteiger partial charge in [-0.1, -0.05) is 70.7 Å². The highest BCUT2D eigenvalue weighted by molar-refractivity contribution is 6.35. The maximum absolute atomic E-state index is 6.88. The number of aryl methyl sites for hydroxylation is 2. The molecule has 134 valence electrons. The standard InChI is InChI=1S/C23H18Cl2N2/c1-15-5-3-7-17(13-15)22-21(25)23(18-8-4-6-16(2)14-18)27(26-22)20-11-9-19(24)10-12-20/h3-14H,1-2H3. The van der Waals surface area contributed by atoms with Crippen LogP contribution in [0.1, 0.15) is 11.1 Å². The lowest BCUT2D eigenvalue weighted by atomic mass is 10.1. The highest BCUT2D eigenvalue weighted by atomic mass is 35.5. The molecule has 0 unspecified atom stereocenters. The molecule has 0 aliphatic heterocycles. The van der Waals surface area contributed by atoms with Crippen molar-refractivity contribution in [1.82, 2.24) is 9.78 Å². The van der Waals surface area contributed by atoms with Crippen LogP contribution in [0.15, 0.2) is 72.8 Å². The summed E-state index contributed by atoms with van der Waals surface area (Å²) < 4.78 is 1.89. The topological polar surface area (TPSA) is 17.8 Å². The van der Waals surface area contributed by atoms with Gasteiger partial charge in [-0.05, 0) is 50.2 Å². The minimum absolute atomic E-state index is 0.640. The Balaban J connectivity index is 1.99. The lowest BCUT2D eigenvalue weighted by Gasteiger charge is -2.09. The molecule has 0 amide bonds. The summed E-state index contributed by atoms with van der Waals surface area (Å²) in [5.41, 5.74) is 6.93. The molecule has 0 bridgehead atoms. The van der Waals surface area contributed by atoms with E-state index in [0.717, 1.165) is 28.2 Å². The van der Waals surface area contributed by atoms with Crippen molar-refractivity contribution >= 4 is 23.2 Å². The van der Waals surface area contributed by atoms with Gasteiger partial charge in [0.25, 0.3) is 0 Å². The summed E-state index contributed by atoms with van der Waals surface area (Å²) in [7, 11) is 0. The normalized spacial score (nSPS) is 11.0. The zero-order valence-electron chi connectivity index (χ0n) is 15.1. The van der Waals surface area contributed by atoms with Crippen LogP contribution < -0.4 is 0 Å². The van der Waals surface area contributed by atoms with Crippen molar-refractivity contribution in [3.05, 3.63) is 94.0 Å². The molecule has 0 aliphatic carbocycles. The first kappa shape index (κ1) is 17.8. The summed E-state index contributed by atoms with van der Waals surface area (Å²) in [6, 6.07) is 24.1. The van der Waals surface area contributed by atoms with E-state index < -0.39 is 0 Å². The van der Waals surface area contributed by atoms with Crippen molar-refractivity contribution in [3.63, 3.8) is 0 Å². The van der Waals surface area contributed by atoms with Gasteiger partial charge in [0, 0.05) is 16.1 Å². The molecular formula is C23H18Cl2N2. The fourth-order valence-electron chi connectivity index (χ4n) is 3.19. The zero-order chi connectivity index (χ0) is 19.0.